The van der Waals surface area contributed by atoms with Gasteiger partial charge in [-0.3, -0.25) is 29.6 Å². The van der Waals surface area contributed by atoms with Crippen molar-refractivity contribution in [2.75, 3.05) is 79.4 Å². The van der Waals surface area contributed by atoms with Crippen LogP contribution in [0.15, 0.2) is 67.0 Å². The minimum Gasteiger partial charge on any atom is -0.385 e. The minimum absolute atomic E-state index is 0.214. The van der Waals surface area contributed by atoms with E-state index in [9.17, 15) is 14.4 Å². The molecule has 2 aromatic carbocycles. The van der Waals surface area contributed by atoms with Crippen molar-refractivity contribution in [1.29, 1.82) is 0 Å². The van der Waals surface area contributed by atoms with Gasteiger partial charge in [-0.05, 0) is 86.0 Å². The molecule has 0 radical (unpaired) electrons. The lowest BCUT2D eigenvalue weighted by Crippen LogP contribution is -2.47. The van der Waals surface area contributed by atoms with Crippen molar-refractivity contribution in [2.45, 2.75) is 44.4 Å². The Morgan fingerprint density at radius 3 is 2.41 bits per heavy atom. The Kier molecular flexibility index (Phi) is 10.4. The zero-order valence-electron chi connectivity index (χ0n) is 32.7. The number of aromatic nitrogens is 4. The molecule has 3 amide bonds. The summed E-state index contributed by atoms with van der Waals surface area (Å²) in [5.74, 6) is -0.0101. The number of nitrogens with zero attached hydrogens (tertiary/aromatic N) is 8. The number of hydrogen-bond donors (Lipinski definition) is 3. The SMILES string of the molecule is CNc1cc(N2CCc3c(-c4ccc(N5CCN(CCC6CCN(c7ccc(C8CCC(=O)NC8=O)c(Cl)c7)CC6)CC5)cn4)cccc32)nn2c(C(N)=O)cnc12. The highest BCUT2D eigenvalue weighted by Gasteiger charge is 2.31. The van der Waals surface area contributed by atoms with Gasteiger partial charge in [0.05, 0.1) is 35.4 Å². The lowest BCUT2D eigenvalue weighted by Gasteiger charge is -2.38. The van der Waals surface area contributed by atoms with Crippen LogP contribution in [0.25, 0.3) is 16.9 Å². The number of rotatable bonds is 10. The number of piperidine rings is 2. The molecule has 1 unspecified atom stereocenters. The number of pyridine rings is 1. The third-order valence-electron chi connectivity index (χ3n) is 12.5. The highest BCUT2D eigenvalue weighted by atomic mass is 35.5. The highest BCUT2D eigenvalue weighted by molar-refractivity contribution is 6.32. The Morgan fingerprint density at radius 1 is 0.897 bits per heavy atom. The van der Waals surface area contributed by atoms with Crippen LogP contribution in [0.1, 0.15) is 59.6 Å². The number of halogens is 1. The molecule has 0 saturated carbocycles. The monoisotopic (exact) mass is 801 g/mol. The van der Waals surface area contributed by atoms with E-state index >= 15 is 0 Å². The molecule has 3 saturated heterocycles. The van der Waals surface area contributed by atoms with Gasteiger partial charge in [0.25, 0.3) is 5.91 Å². The summed E-state index contributed by atoms with van der Waals surface area (Å²) >= 11 is 6.68. The topological polar surface area (TPSA) is 157 Å². The molecule has 0 spiro atoms. The standard InChI is InChI=1S/C43H48ClN11O3/c1-46-36-24-39(50-55-38(41(45)57)26-48-42(36)55)54-18-14-32-31(3-2-4-37(32)54)35-9-6-29(25-47-35)53-21-19-51(20-22-53)15-11-27-12-16-52(17-13-27)28-5-7-30(34(44)23-28)33-8-10-40(56)49-43(33)58/h2-7,9,23-27,33,46H,8,10-22H2,1H3,(H2,45,57)(H,49,56,58). The lowest BCUT2D eigenvalue weighted by molar-refractivity contribution is -0.134. The average molecular weight is 802 g/mol. The van der Waals surface area contributed by atoms with Crippen LogP contribution in [0.2, 0.25) is 5.02 Å². The number of anilines is 5. The molecule has 300 valence electrons. The zero-order valence-corrected chi connectivity index (χ0v) is 33.4. The van der Waals surface area contributed by atoms with Crippen LogP contribution in [0, 0.1) is 5.92 Å². The maximum absolute atomic E-state index is 12.4. The number of nitrogens with two attached hydrogens (primary N) is 1. The van der Waals surface area contributed by atoms with E-state index in [0.29, 0.717) is 35.2 Å². The van der Waals surface area contributed by atoms with E-state index in [2.05, 4.69) is 71.6 Å². The minimum atomic E-state index is -0.578. The normalized spacial score (nSPS) is 19.1. The lowest BCUT2D eigenvalue weighted by atomic mass is 9.90. The van der Waals surface area contributed by atoms with E-state index in [1.54, 1.807) is 0 Å². The van der Waals surface area contributed by atoms with E-state index in [-0.39, 0.29) is 23.4 Å². The highest BCUT2D eigenvalue weighted by Crippen LogP contribution is 2.40. The quantitative estimate of drug-likeness (QED) is 0.159. The van der Waals surface area contributed by atoms with Gasteiger partial charge in [-0.1, -0.05) is 29.8 Å². The number of nitrogens with one attached hydrogen (secondary N) is 2. The molecule has 7 heterocycles. The Balaban J connectivity index is 0.768. The van der Waals surface area contributed by atoms with Crippen LogP contribution >= 0.6 is 11.6 Å². The van der Waals surface area contributed by atoms with Gasteiger partial charge < -0.3 is 25.8 Å². The molecular weight excluding hydrogens is 754 g/mol. The molecular formula is C43H48ClN11O3. The van der Waals surface area contributed by atoms with Crippen molar-refractivity contribution in [3.8, 4) is 11.3 Å². The van der Waals surface area contributed by atoms with Crippen LogP contribution in [0.5, 0.6) is 0 Å². The predicted octanol–water partition coefficient (Wildman–Crippen LogP) is 5.23. The Hall–Kier alpha value is -5.73. The van der Waals surface area contributed by atoms with Gasteiger partial charge in [-0.2, -0.15) is 0 Å². The van der Waals surface area contributed by atoms with Crippen molar-refractivity contribution < 1.29 is 14.4 Å². The molecule has 1 atom stereocenters. The van der Waals surface area contributed by atoms with E-state index in [1.807, 2.05) is 31.4 Å². The van der Waals surface area contributed by atoms with Crippen molar-refractivity contribution in [2.24, 2.45) is 11.7 Å². The molecule has 0 aliphatic carbocycles. The van der Waals surface area contributed by atoms with E-state index in [1.165, 1.54) is 22.7 Å². The number of fused-ring (bicyclic) bond motifs is 2. The summed E-state index contributed by atoms with van der Waals surface area (Å²) in [6.45, 7) is 7.88. The van der Waals surface area contributed by atoms with Gasteiger partial charge in [0.2, 0.25) is 11.8 Å². The second kappa shape index (κ2) is 15.9. The average Bonchev–Trinajstić information content (AvgIpc) is 3.89. The van der Waals surface area contributed by atoms with E-state index in [4.69, 9.17) is 27.4 Å². The maximum Gasteiger partial charge on any atom is 0.269 e. The largest absolute Gasteiger partial charge is 0.385 e. The van der Waals surface area contributed by atoms with Crippen molar-refractivity contribution in [3.63, 3.8) is 0 Å². The number of carbonyl (C=O) groups excluding carboxylic acids is 3. The molecule has 4 aliphatic rings. The van der Waals surface area contributed by atoms with Crippen molar-refractivity contribution in [3.05, 3.63) is 88.8 Å². The summed E-state index contributed by atoms with van der Waals surface area (Å²) in [4.78, 5) is 55.0. The number of piperazine rings is 1. The molecule has 15 heteroatoms. The maximum atomic E-state index is 12.4. The number of imide groups is 1. The number of primary amides is 1. The summed E-state index contributed by atoms with van der Waals surface area (Å²) < 4.78 is 1.52. The fourth-order valence-electron chi connectivity index (χ4n) is 9.14. The summed E-state index contributed by atoms with van der Waals surface area (Å²) in [5.41, 5.74) is 14.6. The van der Waals surface area contributed by atoms with E-state index in [0.717, 1.165) is 111 Å². The molecule has 4 aliphatic heterocycles. The zero-order chi connectivity index (χ0) is 39.9. The first-order valence-corrected chi connectivity index (χ1v) is 20.7. The fraction of sp³-hybridized carbons (Fsp3) is 0.395. The first-order chi connectivity index (χ1) is 28.2. The van der Waals surface area contributed by atoms with Crippen LogP contribution in [0.4, 0.5) is 28.6 Å². The fourth-order valence-corrected chi connectivity index (χ4v) is 9.45. The van der Waals surface area contributed by atoms with E-state index < -0.39 is 5.91 Å². The number of imidazole rings is 1. The van der Waals surface area contributed by atoms with Crippen LogP contribution in [-0.4, -0.2) is 102 Å². The van der Waals surface area contributed by atoms with Gasteiger partial charge >= 0.3 is 0 Å². The summed E-state index contributed by atoms with van der Waals surface area (Å²) in [7, 11) is 1.82. The summed E-state index contributed by atoms with van der Waals surface area (Å²) in [6, 6.07) is 18.6. The van der Waals surface area contributed by atoms with Gasteiger partial charge in [0.1, 0.15) is 5.69 Å². The van der Waals surface area contributed by atoms with Gasteiger partial charge in [0, 0.05) is 87.3 Å². The molecule has 3 aromatic heterocycles. The molecule has 0 bridgehead atoms. The number of hydrogen-bond acceptors (Lipinski definition) is 11. The Bertz CT molecular complexity index is 2370. The van der Waals surface area contributed by atoms with Gasteiger partial charge in [-0.15, -0.1) is 5.10 Å². The smallest absolute Gasteiger partial charge is 0.269 e. The molecule has 3 fully saturated rings. The Morgan fingerprint density at radius 2 is 1.69 bits per heavy atom. The Labute approximate surface area is 342 Å². The number of carbonyl (C=O) groups is 3. The second-order valence-corrected chi connectivity index (χ2v) is 16.2. The molecule has 58 heavy (non-hydrogen) atoms. The third-order valence-corrected chi connectivity index (χ3v) is 12.8. The van der Waals surface area contributed by atoms with Crippen molar-refractivity contribution >= 4 is 63.5 Å². The number of benzene rings is 2. The van der Waals surface area contributed by atoms with Crippen LogP contribution in [0.3, 0.4) is 0 Å². The summed E-state index contributed by atoms with van der Waals surface area (Å²) in [5, 5.41) is 11.0. The first kappa shape index (κ1) is 37.8. The van der Waals surface area contributed by atoms with Crippen LogP contribution in [-0.2, 0) is 16.0 Å². The third kappa shape index (κ3) is 7.30. The summed E-state index contributed by atoms with van der Waals surface area (Å²) in [6.07, 6.45) is 8.67. The van der Waals surface area contributed by atoms with Crippen molar-refractivity contribution in [1.82, 2.24) is 29.8 Å². The molecule has 14 nitrogen and oxygen atoms in total. The molecule has 4 N–H and O–H groups in total. The van der Waals surface area contributed by atoms with Gasteiger partial charge in [-0.25, -0.2) is 9.50 Å². The predicted molar refractivity (Wildman–Crippen MR) is 226 cm³/mol. The first-order valence-electron chi connectivity index (χ1n) is 20.3. The molecule has 5 aromatic rings. The molecule has 9 rings (SSSR count). The second-order valence-electron chi connectivity index (χ2n) is 15.8. The van der Waals surface area contributed by atoms with Crippen LogP contribution < -0.4 is 31.1 Å². The van der Waals surface area contributed by atoms with Gasteiger partial charge in [0.15, 0.2) is 11.5 Å². The number of amides is 3.